The Morgan fingerprint density at radius 2 is 1.33 bits per heavy atom. The molecule has 148 valence electrons. The Labute approximate surface area is 166 Å². The second-order valence-electron chi connectivity index (χ2n) is 6.33. The molecule has 0 amide bonds. The predicted molar refractivity (Wildman–Crippen MR) is 104 cm³/mol. The summed E-state index contributed by atoms with van der Waals surface area (Å²) in [4.78, 5) is 36.4. The van der Waals surface area contributed by atoms with Crippen LogP contribution >= 0.6 is 0 Å². The molecule has 0 saturated carbocycles. The normalized spacial score (nSPS) is 13.0. The molecule has 0 N–H and O–H groups in total. The molecule has 0 fully saturated rings. The lowest BCUT2D eigenvalue weighted by Gasteiger charge is -2.03. The fraction of sp³-hybridized carbons (Fsp3) is 0. The maximum Gasteiger partial charge on any atom is 0.284 e. The Morgan fingerprint density at radius 1 is 0.700 bits per heavy atom. The molecule has 0 aliphatic heterocycles. The number of nitro benzene ring substituents is 3. The molecule has 0 bridgehead atoms. The molecule has 0 aromatic heterocycles. The van der Waals surface area contributed by atoms with E-state index in [0.29, 0.717) is 0 Å². The van der Waals surface area contributed by atoms with Crippen molar-refractivity contribution >= 4 is 28.5 Å². The third-order valence-electron chi connectivity index (χ3n) is 4.57. The van der Waals surface area contributed by atoms with Gasteiger partial charge in [0.1, 0.15) is 5.82 Å². The summed E-state index contributed by atoms with van der Waals surface area (Å²) < 4.78 is 13.2. The first-order chi connectivity index (χ1) is 14.3. The van der Waals surface area contributed by atoms with Crippen LogP contribution in [0.4, 0.5) is 27.1 Å². The SMILES string of the molecule is O=[N+]([O-])c1ccc2c(c1)C(=Nc1ccc(F)cc1)c1cc([N+](=O)[O-])cc([N+](=O)[O-])c1-2. The van der Waals surface area contributed by atoms with E-state index in [0.717, 1.165) is 24.3 Å². The van der Waals surface area contributed by atoms with Crippen LogP contribution in [0.15, 0.2) is 59.6 Å². The minimum atomic E-state index is -0.770. The maximum absolute atomic E-state index is 13.2. The molecular formula is C19H9FN4O6. The molecule has 0 spiro atoms. The van der Waals surface area contributed by atoms with E-state index in [4.69, 9.17) is 0 Å². The third kappa shape index (κ3) is 3.03. The van der Waals surface area contributed by atoms with Gasteiger partial charge in [0, 0.05) is 29.3 Å². The highest BCUT2D eigenvalue weighted by Crippen LogP contribution is 2.46. The zero-order valence-corrected chi connectivity index (χ0v) is 14.8. The van der Waals surface area contributed by atoms with Crippen LogP contribution in [0.25, 0.3) is 11.1 Å². The fourth-order valence-corrected chi connectivity index (χ4v) is 3.30. The molecular weight excluding hydrogens is 399 g/mol. The summed E-state index contributed by atoms with van der Waals surface area (Å²) in [5.41, 5.74) is -0.274. The molecule has 3 aromatic rings. The van der Waals surface area contributed by atoms with Gasteiger partial charge < -0.3 is 0 Å². The highest BCUT2D eigenvalue weighted by molar-refractivity contribution is 6.27. The molecule has 1 aliphatic carbocycles. The summed E-state index contributed by atoms with van der Waals surface area (Å²) >= 11 is 0. The van der Waals surface area contributed by atoms with E-state index in [2.05, 4.69) is 4.99 Å². The molecule has 0 saturated heterocycles. The minimum absolute atomic E-state index is 0.0800. The second kappa shape index (κ2) is 6.81. The molecule has 0 unspecified atom stereocenters. The van der Waals surface area contributed by atoms with E-state index in [1.165, 1.54) is 30.3 Å². The summed E-state index contributed by atoms with van der Waals surface area (Å²) in [7, 11) is 0. The van der Waals surface area contributed by atoms with Gasteiger partial charge in [-0.1, -0.05) is 0 Å². The van der Waals surface area contributed by atoms with Gasteiger partial charge in [-0.15, -0.1) is 0 Å². The number of non-ortho nitro benzene ring substituents is 2. The van der Waals surface area contributed by atoms with Crippen LogP contribution in [0.3, 0.4) is 0 Å². The monoisotopic (exact) mass is 408 g/mol. The zero-order valence-electron chi connectivity index (χ0n) is 14.8. The Hall–Kier alpha value is -4.54. The number of hydrogen-bond acceptors (Lipinski definition) is 7. The van der Waals surface area contributed by atoms with E-state index in [1.807, 2.05) is 0 Å². The summed E-state index contributed by atoms with van der Waals surface area (Å²) in [6, 6.07) is 10.7. The van der Waals surface area contributed by atoms with Gasteiger partial charge in [-0.05, 0) is 35.9 Å². The molecule has 1 aliphatic rings. The first-order valence-electron chi connectivity index (χ1n) is 8.37. The Morgan fingerprint density at radius 3 is 1.93 bits per heavy atom. The summed E-state index contributed by atoms with van der Waals surface area (Å²) in [6.45, 7) is 0. The summed E-state index contributed by atoms with van der Waals surface area (Å²) in [5, 5.41) is 34.1. The molecule has 30 heavy (non-hydrogen) atoms. The van der Waals surface area contributed by atoms with Crippen molar-refractivity contribution in [3.8, 4) is 11.1 Å². The lowest BCUT2D eigenvalue weighted by Crippen LogP contribution is -2.01. The van der Waals surface area contributed by atoms with Gasteiger partial charge >= 0.3 is 0 Å². The van der Waals surface area contributed by atoms with Gasteiger partial charge in [0.15, 0.2) is 0 Å². The molecule has 0 heterocycles. The van der Waals surface area contributed by atoms with E-state index in [-0.39, 0.29) is 39.3 Å². The lowest BCUT2D eigenvalue weighted by molar-refractivity contribution is -0.393. The van der Waals surface area contributed by atoms with E-state index >= 15 is 0 Å². The van der Waals surface area contributed by atoms with Crippen LogP contribution in [0.1, 0.15) is 11.1 Å². The van der Waals surface area contributed by atoms with Gasteiger partial charge in [0.05, 0.1) is 37.8 Å². The van der Waals surface area contributed by atoms with Crippen molar-refractivity contribution < 1.29 is 19.2 Å². The van der Waals surface area contributed by atoms with Crippen molar-refractivity contribution in [3.05, 3.63) is 102 Å². The van der Waals surface area contributed by atoms with E-state index < -0.39 is 32.0 Å². The second-order valence-corrected chi connectivity index (χ2v) is 6.33. The van der Waals surface area contributed by atoms with Crippen molar-refractivity contribution in [1.82, 2.24) is 0 Å². The smallest absolute Gasteiger partial charge is 0.258 e. The van der Waals surface area contributed by atoms with Gasteiger partial charge in [-0.2, -0.15) is 0 Å². The third-order valence-corrected chi connectivity index (χ3v) is 4.57. The average Bonchev–Trinajstić information content (AvgIpc) is 3.01. The molecule has 0 radical (unpaired) electrons. The highest BCUT2D eigenvalue weighted by atomic mass is 19.1. The first-order valence-corrected chi connectivity index (χ1v) is 8.37. The Bertz CT molecular complexity index is 1290. The van der Waals surface area contributed by atoms with E-state index in [1.54, 1.807) is 0 Å². The van der Waals surface area contributed by atoms with Crippen LogP contribution in [-0.2, 0) is 0 Å². The fourth-order valence-electron chi connectivity index (χ4n) is 3.30. The molecule has 4 rings (SSSR count). The number of aliphatic imine (C=N–C) groups is 1. The summed E-state index contributed by atoms with van der Waals surface area (Å²) in [5.74, 6) is -0.506. The Kier molecular flexibility index (Phi) is 4.27. The topological polar surface area (TPSA) is 142 Å². The number of nitro groups is 3. The standard InChI is InChI=1S/C19H9FN4O6/c20-10-1-3-11(4-2-10)21-19-15-7-12(22(25)26)5-6-14(15)18-16(19)8-13(23(27)28)9-17(18)24(29)30/h1-9H. The average molecular weight is 408 g/mol. The molecule has 10 nitrogen and oxygen atoms in total. The van der Waals surface area contributed by atoms with Crippen LogP contribution < -0.4 is 0 Å². The van der Waals surface area contributed by atoms with Crippen molar-refractivity contribution in [2.45, 2.75) is 0 Å². The number of halogens is 1. The van der Waals surface area contributed by atoms with Gasteiger partial charge in [0.25, 0.3) is 17.1 Å². The van der Waals surface area contributed by atoms with Crippen LogP contribution in [0.5, 0.6) is 0 Å². The van der Waals surface area contributed by atoms with Crippen molar-refractivity contribution in [2.75, 3.05) is 0 Å². The van der Waals surface area contributed by atoms with Crippen molar-refractivity contribution in [3.63, 3.8) is 0 Å². The van der Waals surface area contributed by atoms with Gasteiger partial charge in [-0.25, -0.2) is 9.38 Å². The quantitative estimate of drug-likeness (QED) is 0.354. The number of fused-ring (bicyclic) bond motifs is 3. The predicted octanol–water partition coefficient (Wildman–Crippen LogP) is 4.70. The Balaban J connectivity index is 2.07. The van der Waals surface area contributed by atoms with Crippen molar-refractivity contribution in [2.24, 2.45) is 4.99 Å². The number of nitrogens with zero attached hydrogens (tertiary/aromatic N) is 4. The molecule has 3 aromatic carbocycles. The highest BCUT2D eigenvalue weighted by Gasteiger charge is 2.35. The lowest BCUT2D eigenvalue weighted by atomic mass is 10.0. The molecule has 0 atom stereocenters. The number of benzene rings is 3. The number of rotatable bonds is 4. The van der Waals surface area contributed by atoms with E-state index in [9.17, 15) is 34.7 Å². The van der Waals surface area contributed by atoms with Crippen LogP contribution in [0.2, 0.25) is 0 Å². The van der Waals surface area contributed by atoms with Crippen LogP contribution in [-0.4, -0.2) is 20.5 Å². The zero-order chi connectivity index (χ0) is 21.6. The van der Waals surface area contributed by atoms with Gasteiger partial charge in [-0.3, -0.25) is 30.3 Å². The first kappa shape index (κ1) is 18.8. The summed E-state index contributed by atoms with van der Waals surface area (Å²) in [6.07, 6.45) is 0. The van der Waals surface area contributed by atoms with Crippen molar-refractivity contribution in [1.29, 1.82) is 0 Å². The van der Waals surface area contributed by atoms with Crippen LogP contribution in [0, 0.1) is 36.2 Å². The molecule has 11 heteroatoms. The minimum Gasteiger partial charge on any atom is -0.258 e. The van der Waals surface area contributed by atoms with Gasteiger partial charge in [0.2, 0.25) is 0 Å². The largest absolute Gasteiger partial charge is 0.284 e. The number of hydrogen-bond donors (Lipinski definition) is 0. The maximum atomic E-state index is 13.2.